The van der Waals surface area contributed by atoms with Gasteiger partial charge >= 0.3 is 0 Å². The summed E-state index contributed by atoms with van der Waals surface area (Å²) in [7, 11) is 1.64. The van der Waals surface area contributed by atoms with Crippen molar-refractivity contribution in [3.05, 3.63) is 22.7 Å². The minimum Gasteiger partial charge on any atom is -0.497 e. The van der Waals surface area contributed by atoms with E-state index in [9.17, 15) is 0 Å². The third-order valence-corrected chi connectivity index (χ3v) is 3.06. The number of nitrogens with zero attached hydrogens (tertiary/aromatic N) is 1. The molecule has 0 aliphatic rings. The van der Waals surface area contributed by atoms with Gasteiger partial charge in [0.1, 0.15) is 5.75 Å². The SMILES string of the molecule is CCC(CC#N)Nc1cc(OC)ccc1Br. The van der Waals surface area contributed by atoms with Crippen LogP contribution >= 0.6 is 15.9 Å². The van der Waals surface area contributed by atoms with Gasteiger partial charge in [0.25, 0.3) is 0 Å². The average molecular weight is 283 g/mol. The van der Waals surface area contributed by atoms with Crippen molar-refractivity contribution >= 4 is 21.6 Å². The van der Waals surface area contributed by atoms with Gasteiger partial charge in [-0.25, -0.2) is 0 Å². The summed E-state index contributed by atoms with van der Waals surface area (Å²) in [5.74, 6) is 0.803. The number of nitrogens with one attached hydrogen (secondary N) is 1. The molecular weight excluding hydrogens is 268 g/mol. The van der Waals surface area contributed by atoms with Crippen LogP contribution in [0, 0.1) is 11.3 Å². The molecule has 1 aromatic carbocycles. The molecule has 0 amide bonds. The lowest BCUT2D eigenvalue weighted by molar-refractivity contribution is 0.415. The van der Waals surface area contributed by atoms with Crippen LogP contribution in [-0.2, 0) is 0 Å². The van der Waals surface area contributed by atoms with Gasteiger partial charge in [0.2, 0.25) is 0 Å². The minimum absolute atomic E-state index is 0.174. The highest BCUT2D eigenvalue weighted by Gasteiger charge is 2.08. The number of halogens is 1. The summed E-state index contributed by atoms with van der Waals surface area (Å²) in [5, 5.41) is 12.0. The van der Waals surface area contributed by atoms with Crippen LogP contribution in [0.5, 0.6) is 5.75 Å². The van der Waals surface area contributed by atoms with E-state index in [1.807, 2.05) is 18.2 Å². The van der Waals surface area contributed by atoms with E-state index in [1.165, 1.54) is 0 Å². The molecule has 1 unspecified atom stereocenters. The van der Waals surface area contributed by atoms with Gasteiger partial charge in [-0.3, -0.25) is 0 Å². The Morgan fingerprint density at radius 3 is 2.88 bits per heavy atom. The molecule has 0 fully saturated rings. The standard InChI is InChI=1S/C12H15BrN2O/c1-3-9(6-7-14)15-12-8-10(16-2)4-5-11(12)13/h4-5,8-9,15H,3,6H2,1-2H3. The first kappa shape index (κ1) is 12.9. The molecule has 0 aliphatic carbocycles. The molecule has 0 saturated heterocycles. The lowest BCUT2D eigenvalue weighted by Crippen LogP contribution is -2.17. The molecule has 0 radical (unpaired) electrons. The maximum absolute atomic E-state index is 8.69. The van der Waals surface area contributed by atoms with Gasteiger partial charge in [-0.1, -0.05) is 6.92 Å². The van der Waals surface area contributed by atoms with Gasteiger partial charge in [0.05, 0.1) is 25.3 Å². The van der Waals surface area contributed by atoms with Gasteiger partial charge in [0.15, 0.2) is 0 Å². The Labute approximate surface area is 105 Å². The highest BCUT2D eigenvalue weighted by Crippen LogP contribution is 2.28. The van der Waals surface area contributed by atoms with E-state index in [1.54, 1.807) is 7.11 Å². The van der Waals surface area contributed by atoms with Crippen LogP contribution in [0.4, 0.5) is 5.69 Å². The second-order valence-corrected chi connectivity index (χ2v) is 4.31. The van der Waals surface area contributed by atoms with Crippen LogP contribution in [0.2, 0.25) is 0 Å². The second-order valence-electron chi connectivity index (χ2n) is 3.46. The number of rotatable bonds is 5. The van der Waals surface area contributed by atoms with Crippen molar-refractivity contribution in [3.8, 4) is 11.8 Å². The summed E-state index contributed by atoms with van der Waals surface area (Å²) in [4.78, 5) is 0. The molecular formula is C12H15BrN2O. The van der Waals surface area contributed by atoms with Crippen LogP contribution in [-0.4, -0.2) is 13.2 Å². The van der Waals surface area contributed by atoms with Crippen LogP contribution in [0.25, 0.3) is 0 Å². The molecule has 0 heterocycles. The molecule has 1 aromatic rings. The fourth-order valence-corrected chi connectivity index (χ4v) is 1.73. The van der Waals surface area contributed by atoms with Gasteiger partial charge in [-0.15, -0.1) is 0 Å². The lowest BCUT2D eigenvalue weighted by Gasteiger charge is -2.17. The predicted octanol–water partition coefficient (Wildman–Crippen LogP) is 3.56. The fourth-order valence-electron chi connectivity index (χ4n) is 1.37. The van der Waals surface area contributed by atoms with Crippen molar-refractivity contribution in [1.29, 1.82) is 5.26 Å². The monoisotopic (exact) mass is 282 g/mol. The van der Waals surface area contributed by atoms with Crippen molar-refractivity contribution in [2.75, 3.05) is 12.4 Å². The highest BCUT2D eigenvalue weighted by molar-refractivity contribution is 9.10. The normalized spacial score (nSPS) is 11.6. The summed E-state index contributed by atoms with van der Waals surface area (Å²) in [6.45, 7) is 2.06. The van der Waals surface area contributed by atoms with Crippen molar-refractivity contribution < 1.29 is 4.74 Å². The zero-order valence-electron chi connectivity index (χ0n) is 9.46. The molecule has 0 aliphatic heterocycles. The van der Waals surface area contributed by atoms with Gasteiger partial charge in [-0.2, -0.15) is 5.26 Å². The maximum atomic E-state index is 8.69. The van der Waals surface area contributed by atoms with Crippen LogP contribution < -0.4 is 10.1 Å². The number of ether oxygens (including phenoxy) is 1. The average Bonchev–Trinajstić information content (AvgIpc) is 2.31. The zero-order chi connectivity index (χ0) is 12.0. The van der Waals surface area contributed by atoms with E-state index in [-0.39, 0.29) is 6.04 Å². The van der Waals surface area contributed by atoms with Crippen molar-refractivity contribution in [3.63, 3.8) is 0 Å². The topological polar surface area (TPSA) is 45.0 Å². The van der Waals surface area contributed by atoms with E-state index >= 15 is 0 Å². The third-order valence-electron chi connectivity index (χ3n) is 2.36. The lowest BCUT2D eigenvalue weighted by atomic mass is 10.1. The van der Waals surface area contributed by atoms with E-state index in [4.69, 9.17) is 10.00 Å². The molecule has 1 atom stereocenters. The van der Waals surface area contributed by atoms with E-state index < -0.39 is 0 Å². The first-order valence-corrected chi connectivity index (χ1v) is 5.97. The Balaban J connectivity index is 2.82. The summed E-state index contributed by atoms with van der Waals surface area (Å²) in [6, 6.07) is 8.09. The van der Waals surface area contributed by atoms with E-state index in [2.05, 4.69) is 34.2 Å². The first-order chi connectivity index (χ1) is 7.71. The number of nitriles is 1. The molecule has 4 heteroatoms. The molecule has 86 valence electrons. The predicted molar refractivity (Wildman–Crippen MR) is 68.6 cm³/mol. The molecule has 0 saturated carbocycles. The van der Waals surface area contributed by atoms with Crippen molar-refractivity contribution in [2.45, 2.75) is 25.8 Å². The number of methoxy groups -OCH3 is 1. The summed E-state index contributed by atoms with van der Waals surface area (Å²) >= 11 is 3.47. The third kappa shape index (κ3) is 3.42. The maximum Gasteiger partial charge on any atom is 0.121 e. The Kier molecular flexibility index (Phi) is 5.13. The quantitative estimate of drug-likeness (QED) is 0.898. The van der Waals surface area contributed by atoms with Gasteiger partial charge in [0, 0.05) is 16.6 Å². The van der Waals surface area contributed by atoms with Crippen LogP contribution in [0.1, 0.15) is 19.8 Å². The molecule has 16 heavy (non-hydrogen) atoms. The van der Waals surface area contributed by atoms with Crippen LogP contribution in [0.15, 0.2) is 22.7 Å². The molecule has 1 N–H and O–H groups in total. The number of hydrogen-bond acceptors (Lipinski definition) is 3. The Morgan fingerprint density at radius 2 is 2.31 bits per heavy atom. The Bertz CT molecular complexity index is 387. The summed E-state index contributed by atoms with van der Waals surface area (Å²) in [6.07, 6.45) is 1.41. The number of anilines is 1. The largest absolute Gasteiger partial charge is 0.497 e. The highest BCUT2D eigenvalue weighted by atomic mass is 79.9. The molecule has 0 aromatic heterocycles. The Morgan fingerprint density at radius 1 is 1.56 bits per heavy atom. The number of benzene rings is 1. The zero-order valence-corrected chi connectivity index (χ0v) is 11.0. The van der Waals surface area contributed by atoms with Gasteiger partial charge in [-0.05, 0) is 34.5 Å². The number of hydrogen-bond donors (Lipinski definition) is 1. The van der Waals surface area contributed by atoms with Crippen LogP contribution in [0.3, 0.4) is 0 Å². The summed E-state index contributed by atoms with van der Waals surface area (Å²) in [5.41, 5.74) is 0.960. The smallest absolute Gasteiger partial charge is 0.121 e. The van der Waals surface area contributed by atoms with E-state index in [0.717, 1.165) is 22.3 Å². The summed E-state index contributed by atoms with van der Waals surface area (Å²) < 4.78 is 6.14. The second kappa shape index (κ2) is 6.39. The molecule has 0 bridgehead atoms. The Hall–Kier alpha value is -1.21. The molecule has 1 rings (SSSR count). The van der Waals surface area contributed by atoms with Crippen molar-refractivity contribution in [1.82, 2.24) is 0 Å². The van der Waals surface area contributed by atoms with E-state index in [0.29, 0.717) is 6.42 Å². The first-order valence-electron chi connectivity index (χ1n) is 5.18. The van der Waals surface area contributed by atoms with Crippen molar-refractivity contribution in [2.24, 2.45) is 0 Å². The molecule has 0 spiro atoms. The minimum atomic E-state index is 0.174. The fraction of sp³-hybridized carbons (Fsp3) is 0.417. The van der Waals surface area contributed by atoms with Gasteiger partial charge < -0.3 is 10.1 Å². The molecule has 3 nitrogen and oxygen atoms in total.